The van der Waals surface area contributed by atoms with Gasteiger partial charge in [0.25, 0.3) is 0 Å². The molecule has 4 fully saturated rings. The Morgan fingerprint density at radius 3 is 3.04 bits per heavy atom. The van der Waals surface area contributed by atoms with Gasteiger partial charge >= 0.3 is 0 Å². The molecule has 130 valence electrons. The minimum atomic E-state index is 0.203. The second kappa shape index (κ2) is 5.89. The highest BCUT2D eigenvalue weighted by Gasteiger charge is 2.61. The molecule has 7 atom stereocenters. The fraction of sp³-hybridized carbons (Fsp3) is 0.818. The van der Waals surface area contributed by atoms with Crippen molar-refractivity contribution in [2.24, 2.45) is 35.0 Å². The molecule has 0 radical (unpaired) electrons. The molecule has 0 amide bonds. The molecule has 2 unspecified atom stereocenters. The van der Waals surface area contributed by atoms with Gasteiger partial charge in [-0.15, -0.1) is 12.3 Å². The summed E-state index contributed by atoms with van der Waals surface area (Å²) < 4.78 is 12.3. The average Bonchev–Trinajstić information content (AvgIpc) is 2.87. The Morgan fingerprint density at radius 1 is 1.17 bits per heavy atom. The quantitative estimate of drug-likeness (QED) is 0.490. The third-order valence-corrected chi connectivity index (χ3v) is 8.15. The van der Waals surface area contributed by atoms with Gasteiger partial charge in [0.15, 0.2) is 0 Å². The molecule has 0 bridgehead atoms. The van der Waals surface area contributed by atoms with Crippen molar-refractivity contribution in [3.63, 3.8) is 0 Å². The number of fused-ring (bicyclic) bond motifs is 4. The van der Waals surface area contributed by atoms with E-state index >= 15 is 0 Å². The highest BCUT2D eigenvalue weighted by molar-refractivity contribution is 5.23. The van der Waals surface area contributed by atoms with Gasteiger partial charge in [-0.2, -0.15) is 0 Å². The normalized spacial score (nSPS) is 50.4. The van der Waals surface area contributed by atoms with Crippen LogP contribution in [0.3, 0.4) is 0 Å². The molecule has 1 spiro atoms. The summed E-state index contributed by atoms with van der Waals surface area (Å²) in [5.74, 6) is 6.71. The van der Waals surface area contributed by atoms with E-state index < -0.39 is 0 Å². The maximum absolute atomic E-state index is 6.26. The SMILES string of the molecule is C#CC1C[C@]23COCCOC2CC[C@H]3[C@@H]2CC=C3CCCC[C@@H]3[C@@H]12. The van der Waals surface area contributed by atoms with Crippen molar-refractivity contribution < 1.29 is 9.47 Å². The Bertz CT molecular complexity index is 573. The lowest BCUT2D eigenvalue weighted by atomic mass is 9.49. The van der Waals surface area contributed by atoms with Gasteiger partial charge in [-0.05, 0) is 68.6 Å². The summed E-state index contributed by atoms with van der Waals surface area (Å²) in [6.07, 6.45) is 19.6. The van der Waals surface area contributed by atoms with Gasteiger partial charge in [0.1, 0.15) is 0 Å². The van der Waals surface area contributed by atoms with Gasteiger partial charge in [-0.3, -0.25) is 0 Å². The second-order valence-electron chi connectivity index (χ2n) is 8.91. The van der Waals surface area contributed by atoms with E-state index in [4.69, 9.17) is 15.9 Å². The van der Waals surface area contributed by atoms with Gasteiger partial charge in [0.05, 0.1) is 25.9 Å². The van der Waals surface area contributed by atoms with E-state index in [-0.39, 0.29) is 5.41 Å². The molecular formula is C22H30O2. The Balaban J connectivity index is 1.54. The fourth-order valence-electron chi connectivity index (χ4n) is 7.31. The lowest BCUT2D eigenvalue weighted by Gasteiger charge is -2.56. The topological polar surface area (TPSA) is 18.5 Å². The molecule has 5 aliphatic rings. The predicted molar refractivity (Wildman–Crippen MR) is 94.3 cm³/mol. The summed E-state index contributed by atoms with van der Waals surface area (Å²) in [7, 11) is 0. The fourth-order valence-corrected chi connectivity index (χ4v) is 7.31. The predicted octanol–water partition coefficient (Wildman–Crippen LogP) is 4.20. The largest absolute Gasteiger partial charge is 0.378 e. The van der Waals surface area contributed by atoms with Crippen molar-refractivity contribution in [2.75, 3.05) is 19.8 Å². The number of hydrogen-bond donors (Lipinski definition) is 0. The van der Waals surface area contributed by atoms with Crippen LogP contribution in [0.4, 0.5) is 0 Å². The van der Waals surface area contributed by atoms with Crippen molar-refractivity contribution >= 4 is 0 Å². The maximum Gasteiger partial charge on any atom is 0.0704 e. The third-order valence-electron chi connectivity index (χ3n) is 8.15. The Kier molecular flexibility index (Phi) is 3.80. The summed E-state index contributed by atoms with van der Waals surface area (Å²) in [5, 5.41) is 0. The molecule has 2 nitrogen and oxygen atoms in total. The minimum absolute atomic E-state index is 0.203. The number of ether oxygens (including phenoxy) is 2. The van der Waals surface area contributed by atoms with E-state index in [2.05, 4.69) is 12.0 Å². The van der Waals surface area contributed by atoms with Crippen LogP contribution in [-0.2, 0) is 9.47 Å². The number of rotatable bonds is 0. The van der Waals surface area contributed by atoms with Crippen LogP contribution < -0.4 is 0 Å². The molecule has 0 aromatic rings. The molecule has 24 heavy (non-hydrogen) atoms. The molecule has 5 rings (SSSR count). The number of terminal acetylenes is 1. The van der Waals surface area contributed by atoms with E-state index in [9.17, 15) is 0 Å². The van der Waals surface area contributed by atoms with E-state index in [1.54, 1.807) is 5.57 Å². The zero-order valence-electron chi connectivity index (χ0n) is 14.7. The summed E-state index contributed by atoms with van der Waals surface area (Å²) in [5.41, 5.74) is 1.95. The van der Waals surface area contributed by atoms with Gasteiger partial charge in [0, 0.05) is 11.3 Å². The summed E-state index contributed by atoms with van der Waals surface area (Å²) in [6.45, 7) is 2.40. The van der Waals surface area contributed by atoms with Crippen molar-refractivity contribution in [2.45, 2.75) is 57.5 Å². The van der Waals surface area contributed by atoms with Crippen molar-refractivity contribution in [1.82, 2.24) is 0 Å². The van der Waals surface area contributed by atoms with E-state index in [1.807, 2.05) is 0 Å². The Labute approximate surface area is 146 Å². The zero-order valence-corrected chi connectivity index (χ0v) is 14.7. The van der Waals surface area contributed by atoms with Gasteiger partial charge in [-0.25, -0.2) is 0 Å². The minimum Gasteiger partial charge on any atom is -0.378 e. The summed E-state index contributed by atoms with van der Waals surface area (Å²) >= 11 is 0. The summed E-state index contributed by atoms with van der Waals surface area (Å²) in [6, 6.07) is 0. The smallest absolute Gasteiger partial charge is 0.0704 e. The van der Waals surface area contributed by atoms with Gasteiger partial charge in [-0.1, -0.05) is 18.1 Å². The first kappa shape index (κ1) is 15.5. The molecule has 1 heterocycles. The molecular weight excluding hydrogens is 296 g/mol. The highest BCUT2D eigenvalue weighted by Crippen LogP contribution is 2.64. The molecule has 1 saturated heterocycles. The second-order valence-corrected chi connectivity index (χ2v) is 8.91. The van der Waals surface area contributed by atoms with E-state index in [1.165, 1.54) is 44.9 Å². The molecule has 1 aliphatic heterocycles. The van der Waals surface area contributed by atoms with Gasteiger partial charge < -0.3 is 9.47 Å². The molecule has 0 N–H and O–H groups in total. The molecule has 4 aliphatic carbocycles. The molecule has 0 aromatic heterocycles. The number of hydrogen-bond acceptors (Lipinski definition) is 2. The first-order valence-electron chi connectivity index (χ1n) is 10.2. The lowest BCUT2D eigenvalue weighted by Crippen LogP contribution is -2.53. The molecule has 3 saturated carbocycles. The van der Waals surface area contributed by atoms with E-state index in [0.717, 1.165) is 49.9 Å². The average molecular weight is 326 g/mol. The summed E-state index contributed by atoms with van der Waals surface area (Å²) in [4.78, 5) is 0. The van der Waals surface area contributed by atoms with Crippen LogP contribution in [0.5, 0.6) is 0 Å². The van der Waals surface area contributed by atoms with Crippen LogP contribution in [0.2, 0.25) is 0 Å². The van der Waals surface area contributed by atoms with Crippen LogP contribution in [0.1, 0.15) is 51.4 Å². The van der Waals surface area contributed by atoms with Crippen LogP contribution >= 0.6 is 0 Å². The van der Waals surface area contributed by atoms with E-state index in [0.29, 0.717) is 12.0 Å². The standard InChI is InChI=1S/C22H30O2/c1-2-15-13-22-14-23-11-12-24-20(22)10-9-19(22)18-8-7-16-5-3-4-6-17(16)21(15)18/h1,7,15,17-21H,3-6,8-14H2/t15?,17-,18-,19-,20?,21+,22+/m0/s1. The first-order valence-corrected chi connectivity index (χ1v) is 10.2. The van der Waals surface area contributed by atoms with Crippen molar-refractivity contribution in [1.29, 1.82) is 0 Å². The monoisotopic (exact) mass is 326 g/mol. The Hall–Kier alpha value is -0.780. The van der Waals surface area contributed by atoms with Crippen LogP contribution in [-0.4, -0.2) is 25.9 Å². The molecule has 0 aromatic carbocycles. The van der Waals surface area contributed by atoms with Crippen LogP contribution in [0.25, 0.3) is 0 Å². The highest BCUT2D eigenvalue weighted by atomic mass is 16.5. The van der Waals surface area contributed by atoms with Gasteiger partial charge in [0.2, 0.25) is 0 Å². The van der Waals surface area contributed by atoms with Crippen LogP contribution in [0, 0.1) is 47.3 Å². The lowest BCUT2D eigenvalue weighted by molar-refractivity contribution is -0.103. The van der Waals surface area contributed by atoms with Crippen LogP contribution in [0.15, 0.2) is 11.6 Å². The van der Waals surface area contributed by atoms with Crippen molar-refractivity contribution in [3.05, 3.63) is 11.6 Å². The number of allylic oxidation sites excluding steroid dienone is 2. The Morgan fingerprint density at radius 2 is 2.12 bits per heavy atom. The third kappa shape index (κ3) is 2.10. The maximum atomic E-state index is 6.26. The first-order chi connectivity index (χ1) is 11.8. The molecule has 2 heteroatoms. The van der Waals surface area contributed by atoms with Crippen molar-refractivity contribution in [3.8, 4) is 12.3 Å². The zero-order chi connectivity index (χ0) is 16.1.